The third kappa shape index (κ3) is 5.01. The number of hydrogen-bond donors (Lipinski definition) is 0. The number of nitro benzene ring substituents is 1. The van der Waals surface area contributed by atoms with Gasteiger partial charge in [-0.2, -0.15) is 5.10 Å². The summed E-state index contributed by atoms with van der Waals surface area (Å²) in [5, 5.41) is 15.3. The highest BCUT2D eigenvalue weighted by Gasteiger charge is 2.20. The van der Waals surface area contributed by atoms with Crippen LogP contribution in [-0.2, 0) is 13.2 Å². The molecule has 1 atom stereocenters. The van der Waals surface area contributed by atoms with Gasteiger partial charge in [-0.1, -0.05) is 12.1 Å². The molecule has 1 unspecified atom stereocenters. The highest BCUT2D eigenvalue weighted by molar-refractivity contribution is 5.92. The molecule has 0 aliphatic heterocycles. The zero-order valence-corrected chi connectivity index (χ0v) is 16.2. The summed E-state index contributed by atoms with van der Waals surface area (Å²) < 4.78 is 12.2. The van der Waals surface area contributed by atoms with Gasteiger partial charge >= 0.3 is 5.69 Å². The average Bonchev–Trinajstić information content (AvgIpc) is 3.41. The van der Waals surface area contributed by atoms with Crippen LogP contribution in [0.15, 0.2) is 59.3 Å². The van der Waals surface area contributed by atoms with Gasteiger partial charge in [0.1, 0.15) is 5.76 Å². The van der Waals surface area contributed by atoms with Gasteiger partial charge in [0.15, 0.2) is 18.2 Å². The van der Waals surface area contributed by atoms with Crippen LogP contribution in [0.25, 0.3) is 0 Å². The van der Waals surface area contributed by atoms with Crippen molar-refractivity contribution in [2.45, 2.75) is 32.5 Å². The minimum absolute atomic E-state index is 0.000897. The maximum absolute atomic E-state index is 12.7. The Kier molecular flexibility index (Phi) is 6.28. The van der Waals surface area contributed by atoms with Gasteiger partial charge < -0.3 is 14.1 Å². The first kappa shape index (κ1) is 20.1. The van der Waals surface area contributed by atoms with Crippen LogP contribution < -0.4 is 4.74 Å². The zero-order valence-electron chi connectivity index (χ0n) is 16.2. The van der Waals surface area contributed by atoms with Crippen LogP contribution in [0, 0.1) is 10.1 Å². The summed E-state index contributed by atoms with van der Waals surface area (Å²) in [5.41, 5.74) is 0.157. The Balaban J connectivity index is 1.57. The second-order valence-corrected chi connectivity index (χ2v) is 6.62. The van der Waals surface area contributed by atoms with E-state index in [1.54, 1.807) is 42.6 Å². The van der Waals surface area contributed by atoms with E-state index in [1.807, 2.05) is 19.1 Å². The number of nitrogens with zero attached hydrogens (tertiary/aromatic N) is 4. The lowest BCUT2D eigenvalue weighted by atomic mass is 10.1. The second kappa shape index (κ2) is 9.05. The van der Waals surface area contributed by atoms with Gasteiger partial charge in [-0.25, -0.2) is 4.68 Å². The van der Waals surface area contributed by atoms with E-state index < -0.39 is 4.92 Å². The molecule has 0 radical (unpaired) electrons. The fourth-order valence-corrected chi connectivity index (χ4v) is 2.79. The van der Waals surface area contributed by atoms with Crippen molar-refractivity contribution >= 4 is 11.6 Å². The van der Waals surface area contributed by atoms with Crippen LogP contribution in [0.1, 0.15) is 29.6 Å². The van der Waals surface area contributed by atoms with Gasteiger partial charge in [0.05, 0.1) is 11.2 Å². The third-order valence-electron chi connectivity index (χ3n) is 4.64. The molecular formula is C20H22N4O5. The first-order chi connectivity index (χ1) is 14.0. The van der Waals surface area contributed by atoms with Crippen molar-refractivity contribution in [3.05, 3.63) is 76.5 Å². The zero-order chi connectivity index (χ0) is 20.8. The third-order valence-corrected chi connectivity index (χ3v) is 4.64. The Bertz CT molecular complexity index is 967. The highest BCUT2D eigenvalue weighted by atomic mass is 16.6. The van der Waals surface area contributed by atoms with Crippen LogP contribution >= 0.6 is 0 Å². The minimum Gasteiger partial charge on any atom is -0.469 e. The van der Waals surface area contributed by atoms with Gasteiger partial charge in [-0.05, 0) is 37.6 Å². The standard InChI is InChI=1S/C20H22N4O5/c1-15(9-10-16-6-5-13-28-16)22(2)20(25)17-11-12-23(21-17)14-29-19-8-4-3-7-18(19)24(26)27/h3-8,11-13,15H,9-10,14H2,1-2H3. The molecule has 2 aromatic heterocycles. The lowest BCUT2D eigenvalue weighted by Gasteiger charge is -2.23. The van der Waals surface area contributed by atoms with E-state index in [9.17, 15) is 14.9 Å². The summed E-state index contributed by atoms with van der Waals surface area (Å²) in [5.74, 6) is 0.820. The molecule has 0 N–H and O–H groups in total. The molecule has 9 heteroatoms. The van der Waals surface area contributed by atoms with Gasteiger partial charge in [0.25, 0.3) is 5.91 Å². The molecule has 0 aliphatic rings. The predicted octanol–water partition coefficient (Wildman–Crippen LogP) is 3.51. The summed E-state index contributed by atoms with van der Waals surface area (Å²) in [4.78, 5) is 24.8. The van der Waals surface area contributed by atoms with Gasteiger partial charge in [0, 0.05) is 31.8 Å². The Morgan fingerprint density at radius 2 is 2.10 bits per heavy atom. The van der Waals surface area contributed by atoms with Crippen molar-refractivity contribution in [3.8, 4) is 5.75 Å². The summed E-state index contributed by atoms with van der Waals surface area (Å²) in [6.07, 6.45) is 4.73. The number of aryl methyl sites for hydroxylation is 1. The van der Waals surface area contributed by atoms with E-state index in [0.717, 1.165) is 18.6 Å². The van der Waals surface area contributed by atoms with E-state index in [1.165, 1.54) is 16.8 Å². The molecule has 0 bridgehead atoms. The number of rotatable bonds is 9. The number of amides is 1. The summed E-state index contributed by atoms with van der Waals surface area (Å²) in [6, 6.07) is 11.5. The molecule has 9 nitrogen and oxygen atoms in total. The molecule has 0 saturated carbocycles. The van der Waals surface area contributed by atoms with Crippen molar-refractivity contribution in [2.75, 3.05) is 7.05 Å². The van der Waals surface area contributed by atoms with Crippen molar-refractivity contribution < 1.29 is 18.9 Å². The average molecular weight is 398 g/mol. The maximum atomic E-state index is 12.7. The quantitative estimate of drug-likeness (QED) is 0.404. The van der Waals surface area contributed by atoms with Crippen molar-refractivity contribution in [1.29, 1.82) is 0 Å². The number of ether oxygens (including phenoxy) is 1. The van der Waals surface area contributed by atoms with Crippen LogP contribution in [-0.4, -0.2) is 38.6 Å². The molecule has 3 rings (SSSR count). The SMILES string of the molecule is CC(CCc1ccco1)N(C)C(=O)c1ccn(COc2ccccc2[N+](=O)[O-])n1. The number of nitro groups is 1. The number of aromatic nitrogens is 2. The molecule has 0 spiro atoms. The molecular weight excluding hydrogens is 376 g/mol. The van der Waals surface area contributed by atoms with Crippen molar-refractivity contribution in [3.63, 3.8) is 0 Å². The van der Waals surface area contributed by atoms with E-state index in [2.05, 4.69) is 5.10 Å². The van der Waals surface area contributed by atoms with Crippen LogP contribution in [0.2, 0.25) is 0 Å². The van der Waals surface area contributed by atoms with E-state index in [0.29, 0.717) is 0 Å². The topological polar surface area (TPSA) is 104 Å². The lowest BCUT2D eigenvalue weighted by Crippen LogP contribution is -2.35. The predicted molar refractivity (Wildman–Crippen MR) is 105 cm³/mol. The Morgan fingerprint density at radius 3 is 2.83 bits per heavy atom. The molecule has 2 heterocycles. The van der Waals surface area contributed by atoms with Crippen LogP contribution in [0.4, 0.5) is 5.69 Å². The summed E-state index contributed by atoms with van der Waals surface area (Å²) >= 11 is 0. The first-order valence-corrected chi connectivity index (χ1v) is 9.15. The van der Waals surface area contributed by atoms with E-state index in [4.69, 9.17) is 9.15 Å². The van der Waals surface area contributed by atoms with Gasteiger partial charge in [-0.15, -0.1) is 0 Å². The largest absolute Gasteiger partial charge is 0.469 e. The van der Waals surface area contributed by atoms with Crippen molar-refractivity contribution in [2.24, 2.45) is 0 Å². The van der Waals surface area contributed by atoms with Crippen molar-refractivity contribution in [1.82, 2.24) is 14.7 Å². The molecule has 1 aromatic carbocycles. The van der Waals surface area contributed by atoms with Crippen LogP contribution in [0.3, 0.4) is 0 Å². The number of furan rings is 1. The number of carbonyl (C=O) groups excluding carboxylic acids is 1. The molecule has 1 amide bonds. The number of hydrogen-bond acceptors (Lipinski definition) is 6. The van der Waals surface area contributed by atoms with Gasteiger partial charge in [-0.3, -0.25) is 14.9 Å². The fraction of sp³-hybridized carbons (Fsp3) is 0.300. The number of benzene rings is 1. The monoisotopic (exact) mass is 398 g/mol. The maximum Gasteiger partial charge on any atom is 0.311 e. The minimum atomic E-state index is -0.507. The van der Waals surface area contributed by atoms with E-state index >= 15 is 0 Å². The smallest absolute Gasteiger partial charge is 0.311 e. The molecule has 152 valence electrons. The Labute approximate surface area is 167 Å². The van der Waals surface area contributed by atoms with E-state index in [-0.39, 0.29) is 35.8 Å². The molecule has 0 saturated heterocycles. The second-order valence-electron chi connectivity index (χ2n) is 6.62. The normalized spacial score (nSPS) is 11.8. The Hall–Kier alpha value is -3.62. The molecule has 0 aliphatic carbocycles. The lowest BCUT2D eigenvalue weighted by molar-refractivity contribution is -0.386. The first-order valence-electron chi connectivity index (χ1n) is 9.15. The highest BCUT2D eigenvalue weighted by Crippen LogP contribution is 2.26. The molecule has 3 aromatic rings. The number of para-hydroxylation sites is 2. The van der Waals surface area contributed by atoms with Gasteiger partial charge in [0.2, 0.25) is 0 Å². The van der Waals surface area contributed by atoms with Crippen LogP contribution in [0.5, 0.6) is 5.75 Å². The number of carbonyl (C=O) groups is 1. The summed E-state index contributed by atoms with van der Waals surface area (Å²) in [6.45, 7) is 1.92. The Morgan fingerprint density at radius 1 is 1.31 bits per heavy atom. The summed E-state index contributed by atoms with van der Waals surface area (Å²) in [7, 11) is 1.73. The molecule has 29 heavy (non-hydrogen) atoms. The molecule has 0 fully saturated rings. The fourth-order valence-electron chi connectivity index (χ4n) is 2.79.